The minimum Gasteiger partial charge on any atom is -0.387 e. The number of halogens is 1. The molecule has 13 heavy (non-hydrogen) atoms. The van der Waals surface area contributed by atoms with Crippen LogP contribution in [0.5, 0.6) is 0 Å². The van der Waals surface area contributed by atoms with Crippen LogP contribution in [0.4, 0.5) is 0 Å². The van der Waals surface area contributed by atoms with E-state index in [0.717, 1.165) is 0 Å². The van der Waals surface area contributed by atoms with Gasteiger partial charge in [0.25, 0.3) is 0 Å². The zero-order valence-electron chi connectivity index (χ0n) is 6.45. The van der Waals surface area contributed by atoms with Gasteiger partial charge in [-0.05, 0) is 0 Å². The van der Waals surface area contributed by atoms with Gasteiger partial charge in [0.2, 0.25) is 0 Å². The average Bonchev–Trinajstić information content (AvgIpc) is 2.09. The highest BCUT2D eigenvalue weighted by molar-refractivity contribution is 6.23. The molecule has 6 atom stereocenters. The van der Waals surface area contributed by atoms with E-state index in [-0.39, 0.29) is 0 Å². The lowest BCUT2D eigenvalue weighted by atomic mass is 9.84. The molecule has 0 spiro atoms. The van der Waals surface area contributed by atoms with E-state index in [4.69, 9.17) is 37.1 Å². The van der Waals surface area contributed by atoms with Crippen LogP contribution in [0.2, 0.25) is 0 Å². The zero-order chi connectivity index (χ0) is 10.4. The molecule has 1 aliphatic rings. The SMILES string of the molecule is O[C@@H]1[C@@H](O)[C@@H](O)[C@](O)(Cl)[C@H](O)[C@H]1O. The lowest BCUT2D eigenvalue weighted by Gasteiger charge is -2.44. The molecular weight excluding hydrogens is 204 g/mol. The Morgan fingerprint density at radius 1 is 0.769 bits per heavy atom. The number of aliphatic hydroxyl groups excluding tert-OH is 5. The van der Waals surface area contributed by atoms with Crippen molar-refractivity contribution in [3.8, 4) is 0 Å². The molecule has 0 aliphatic heterocycles. The summed E-state index contributed by atoms with van der Waals surface area (Å²) in [6, 6.07) is 0. The molecule has 6 nitrogen and oxygen atoms in total. The second kappa shape index (κ2) is 3.32. The molecule has 1 rings (SSSR count). The number of aliphatic hydroxyl groups is 6. The van der Waals surface area contributed by atoms with E-state index >= 15 is 0 Å². The molecule has 6 N–H and O–H groups in total. The van der Waals surface area contributed by atoms with E-state index in [0.29, 0.717) is 0 Å². The van der Waals surface area contributed by atoms with Gasteiger partial charge in [0, 0.05) is 0 Å². The predicted molar refractivity (Wildman–Crippen MR) is 40.8 cm³/mol. The van der Waals surface area contributed by atoms with Gasteiger partial charge < -0.3 is 30.6 Å². The molecule has 78 valence electrons. The van der Waals surface area contributed by atoms with Gasteiger partial charge in [-0.15, -0.1) is 0 Å². The number of hydrogen-bond donors (Lipinski definition) is 6. The summed E-state index contributed by atoms with van der Waals surface area (Å²) in [4.78, 5) is 0. The summed E-state index contributed by atoms with van der Waals surface area (Å²) in [6.07, 6.45) is -9.21. The first-order valence-electron chi connectivity index (χ1n) is 3.61. The summed E-state index contributed by atoms with van der Waals surface area (Å²) in [6.45, 7) is 0. The topological polar surface area (TPSA) is 121 Å². The third kappa shape index (κ3) is 1.55. The second-order valence-electron chi connectivity index (χ2n) is 3.09. The van der Waals surface area contributed by atoms with Crippen LogP contribution in [0.3, 0.4) is 0 Å². The van der Waals surface area contributed by atoms with Gasteiger partial charge in [0.1, 0.15) is 30.5 Å². The Hall–Kier alpha value is 0.0500. The maximum atomic E-state index is 9.20. The maximum Gasteiger partial charge on any atom is 0.195 e. The molecule has 0 unspecified atom stereocenters. The lowest BCUT2D eigenvalue weighted by Crippen LogP contribution is -2.68. The molecule has 0 heterocycles. The van der Waals surface area contributed by atoms with E-state index in [1.54, 1.807) is 0 Å². The van der Waals surface area contributed by atoms with Crippen molar-refractivity contribution in [1.82, 2.24) is 0 Å². The minimum atomic E-state index is -2.56. The van der Waals surface area contributed by atoms with Crippen molar-refractivity contribution in [3.63, 3.8) is 0 Å². The average molecular weight is 215 g/mol. The summed E-state index contributed by atoms with van der Waals surface area (Å²) in [5.41, 5.74) is 0. The molecule has 0 amide bonds. The van der Waals surface area contributed by atoms with Crippen molar-refractivity contribution in [1.29, 1.82) is 0 Å². The van der Waals surface area contributed by atoms with E-state index < -0.39 is 35.6 Å². The number of hydrogen-bond acceptors (Lipinski definition) is 6. The fraction of sp³-hybridized carbons (Fsp3) is 1.00. The van der Waals surface area contributed by atoms with Gasteiger partial charge >= 0.3 is 0 Å². The lowest BCUT2D eigenvalue weighted by molar-refractivity contribution is -0.238. The van der Waals surface area contributed by atoms with E-state index in [1.807, 2.05) is 0 Å². The van der Waals surface area contributed by atoms with Crippen molar-refractivity contribution in [3.05, 3.63) is 0 Å². The first-order valence-corrected chi connectivity index (χ1v) is 3.99. The van der Waals surface area contributed by atoms with E-state index in [9.17, 15) is 5.11 Å². The molecule has 0 bridgehead atoms. The summed E-state index contributed by atoms with van der Waals surface area (Å²) in [5.74, 6) is 0. The predicted octanol–water partition coefficient (Wildman–Crippen LogP) is -3.27. The Morgan fingerprint density at radius 3 is 1.38 bits per heavy atom. The quantitative estimate of drug-likeness (QED) is 0.235. The van der Waals surface area contributed by atoms with Crippen LogP contribution >= 0.6 is 11.6 Å². The molecule has 0 saturated heterocycles. The molecule has 0 aromatic heterocycles. The standard InChI is InChI=1S/C6H11ClO6/c7-6(13)4(11)2(9)1(8)3(10)5(6)12/h1-5,8-13H/t1-,2-,3+,4-,5-,6-/m1/s1. The van der Waals surface area contributed by atoms with Gasteiger partial charge in [-0.3, -0.25) is 0 Å². The first kappa shape index (κ1) is 11.1. The highest BCUT2D eigenvalue weighted by atomic mass is 35.5. The molecule has 1 fully saturated rings. The van der Waals surface area contributed by atoms with Crippen molar-refractivity contribution >= 4 is 11.6 Å². The van der Waals surface area contributed by atoms with E-state index in [1.165, 1.54) is 0 Å². The summed E-state index contributed by atoms with van der Waals surface area (Å²) < 4.78 is 0. The molecule has 0 radical (unpaired) electrons. The molecular formula is C6H11ClO6. The summed E-state index contributed by atoms with van der Waals surface area (Å²) in [7, 11) is 0. The van der Waals surface area contributed by atoms with Crippen LogP contribution in [-0.2, 0) is 0 Å². The third-order valence-corrected chi connectivity index (χ3v) is 2.62. The normalized spacial score (nSPS) is 57.9. The zero-order valence-corrected chi connectivity index (χ0v) is 7.20. The molecule has 0 aromatic rings. The Kier molecular flexibility index (Phi) is 2.84. The van der Waals surface area contributed by atoms with Crippen molar-refractivity contribution in [2.24, 2.45) is 0 Å². The molecule has 7 heteroatoms. The van der Waals surface area contributed by atoms with Crippen LogP contribution in [0, 0.1) is 0 Å². The van der Waals surface area contributed by atoms with Gasteiger partial charge in [0.15, 0.2) is 5.06 Å². The maximum absolute atomic E-state index is 9.20. The largest absolute Gasteiger partial charge is 0.387 e. The van der Waals surface area contributed by atoms with Crippen molar-refractivity contribution in [2.45, 2.75) is 35.6 Å². The Morgan fingerprint density at radius 2 is 1.08 bits per heavy atom. The van der Waals surface area contributed by atoms with Crippen LogP contribution in [0.15, 0.2) is 0 Å². The number of rotatable bonds is 0. The fourth-order valence-corrected chi connectivity index (χ4v) is 1.49. The Bertz CT molecular complexity index is 180. The Balaban J connectivity index is 2.93. The molecule has 1 aliphatic carbocycles. The number of alkyl halides is 1. The fourth-order valence-electron chi connectivity index (χ4n) is 1.23. The third-order valence-electron chi connectivity index (χ3n) is 2.18. The van der Waals surface area contributed by atoms with Gasteiger partial charge in [-0.1, -0.05) is 11.6 Å². The Labute approximate surface area is 78.6 Å². The molecule has 1 saturated carbocycles. The van der Waals surface area contributed by atoms with E-state index in [2.05, 4.69) is 0 Å². The minimum absolute atomic E-state index is 1.75. The second-order valence-corrected chi connectivity index (χ2v) is 3.69. The van der Waals surface area contributed by atoms with Crippen molar-refractivity contribution in [2.75, 3.05) is 0 Å². The highest BCUT2D eigenvalue weighted by Crippen LogP contribution is 2.33. The monoisotopic (exact) mass is 214 g/mol. The van der Waals surface area contributed by atoms with Crippen LogP contribution in [-0.4, -0.2) is 66.2 Å². The van der Waals surface area contributed by atoms with Crippen LogP contribution < -0.4 is 0 Å². The van der Waals surface area contributed by atoms with Gasteiger partial charge in [0.05, 0.1) is 0 Å². The smallest absolute Gasteiger partial charge is 0.195 e. The van der Waals surface area contributed by atoms with Gasteiger partial charge in [-0.25, -0.2) is 0 Å². The first-order chi connectivity index (χ1) is 5.80. The van der Waals surface area contributed by atoms with Crippen molar-refractivity contribution < 1.29 is 30.6 Å². The molecule has 0 aromatic carbocycles. The van der Waals surface area contributed by atoms with Gasteiger partial charge in [-0.2, -0.15) is 0 Å². The highest BCUT2D eigenvalue weighted by Gasteiger charge is 2.56. The summed E-state index contributed by atoms with van der Waals surface area (Å²) in [5, 5.41) is 52.0. The van der Waals surface area contributed by atoms with Crippen LogP contribution in [0.25, 0.3) is 0 Å². The summed E-state index contributed by atoms with van der Waals surface area (Å²) >= 11 is 5.25. The van der Waals surface area contributed by atoms with Crippen LogP contribution in [0.1, 0.15) is 0 Å².